The standard InChI is InChI=1S/C29H34Cl2N6O3S2.C5H6O3/c30-20-15-23(41-17-20)24-27(37-12-10-35(11-13-37)21-4-2-1-3-5-21)42-29(33-24)34-26(38)19-14-22(31)25(32-16-19)36-8-6-18(7-9-36)28(39)40;1-4(6)2-3-5(7)8/h14-18,21H,1-13H2,(H,39,40)(H,33,34,38);2-3,6H,1H2,(H,7,8)/b;3-2-. The van der Waals surface area contributed by atoms with Crippen molar-refractivity contribution in [2.24, 2.45) is 5.92 Å². The number of aliphatic hydroxyl groups excluding tert-OH is 1. The third kappa shape index (κ3) is 9.97. The second-order valence-electron chi connectivity index (χ2n) is 12.4. The number of nitrogens with one attached hydrogen (secondary N) is 1. The van der Waals surface area contributed by atoms with Crippen molar-refractivity contribution in [2.75, 3.05) is 54.4 Å². The van der Waals surface area contributed by atoms with Crippen LogP contribution in [0, 0.1) is 5.92 Å². The number of pyridine rings is 1. The number of carbonyl (C=O) groups excluding carboxylic acids is 1. The maximum atomic E-state index is 13.3. The third-order valence-electron chi connectivity index (χ3n) is 8.97. The average molecular weight is 764 g/mol. The minimum atomic E-state index is -1.10. The van der Waals surface area contributed by atoms with E-state index in [0.717, 1.165) is 53.9 Å². The molecule has 268 valence electrons. The number of carbonyl (C=O) groups is 3. The summed E-state index contributed by atoms with van der Waals surface area (Å²) >= 11 is 15.9. The Bertz CT molecular complexity index is 1690. The molecule has 1 saturated carbocycles. The Balaban J connectivity index is 0.000000544. The van der Waals surface area contributed by atoms with Crippen molar-refractivity contribution in [1.29, 1.82) is 0 Å². The largest absolute Gasteiger partial charge is 0.509 e. The summed E-state index contributed by atoms with van der Waals surface area (Å²) in [4.78, 5) is 51.5. The lowest BCUT2D eigenvalue weighted by atomic mass is 9.94. The van der Waals surface area contributed by atoms with Crippen molar-refractivity contribution < 1.29 is 29.7 Å². The molecule has 16 heteroatoms. The van der Waals surface area contributed by atoms with Crippen molar-refractivity contribution in [3.8, 4) is 10.6 Å². The van der Waals surface area contributed by atoms with Crippen LogP contribution in [0.1, 0.15) is 55.3 Å². The number of carboxylic acids is 2. The van der Waals surface area contributed by atoms with Crippen molar-refractivity contribution >= 4 is 79.7 Å². The summed E-state index contributed by atoms with van der Waals surface area (Å²) in [7, 11) is 0. The number of rotatable bonds is 9. The third-order valence-corrected chi connectivity index (χ3v) is 11.6. The van der Waals surface area contributed by atoms with E-state index in [2.05, 4.69) is 26.7 Å². The Morgan fingerprint density at radius 3 is 2.18 bits per heavy atom. The molecular formula is C34H40Cl2N6O6S2. The topological polar surface area (TPSA) is 159 Å². The molecule has 0 radical (unpaired) electrons. The van der Waals surface area contributed by atoms with E-state index in [1.165, 1.54) is 49.6 Å². The normalized spacial score (nSPS) is 17.7. The van der Waals surface area contributed by atoms with Gasteiger partial charge in [0.2, 0.25) is 0 Å². The van der Waals surface area contributed by atoms with E-state index < -0.39 is 11.9 Å². The number of nitrogens with zero attached hydrogens (tertiary/aromatic N) is 5. The quantitative estimate of drug-likeness (QED) is 0.0986. The van der Waals surface area contributed by atoms with Gasteiger partial charge in [0.05, 0.1) is 26.4 Å². The van der Waals surface area contributed by atoms with Gasteiger partial charge in [-0.3, -0.25) is 19.8 Å². The lowest BCUT2D eigenvalue weighted by Gasteiger charge is -2.41. The fourth-order valence-electron chi connectivity index (χ4n) is 6.38. The highest BCUT2D eigenvalue weighted by Crippen LogP contribution is 2.42. The number of halogens is 2. The molecule has 0 bridgehead atoms. The van der Waals surface area contributed by atoms with Gasteiger partial charge in [-0.05, 0) is 43.9 Å². The van der Waals surface area contributed by atoms with Crippen LogP contribution in [0.3, 0.4) is 0 Å². The van der Waals surface area contributed by atoms with Crippen molar-refractivity contribution in [3.63, 3.8) is 0 Å². The van der Waals surface area contributed by atoms with Crippen LogP contribution in [0.2, 0.25) is 10.0 Å². The van der Waals surface area contributed by atoms with Gasteiger partial charge in [0.15, 0.2) is 5.13 Å². The Morgan fingerprint density at radius 2 is 1.62 bits per heavy atom. The summed E-state index contributed by atoms with van der Waals surface area (Å²) in [6.45, 7) is 8.04. The number of hydrogen-bond donors (Lipinski definition) is 4. The monoisotopic (exact) mass is 762 g/mol. The number of aliphatic carboxylic acids is 2. The van der Waals surface area contributed by atoms with Crippen LogP contribution in [0.15, 0.2) is 48.2 Å². The maximum Gasteiger partial charge on any atom is 0.328 e. The highest BCUT2D eigenvalue weighted by molar-refractivity contribution is 7.21. The second-order valence-corrected chi connectivity index (χ2v) is 15.1. The minimum Gasteiger partial charge on any atom is -0.509 e. The van der Waals surface area contributed by atoms with Crippen LogP contribution in [0.25, 0.3) is 10.6 Å². The van der Waals surface area contributed by atoms with Crippen molar-refractivity contribution in [1.82, 2.24) is 14.9 Å². The van der Waals surface area contributed by atoms with E-state index in [9.17, 15) is 19.5 Å². The molecule has 12 nitrogen and oxygen atoms in total. The highest BCUT2D eigenvalue weighted by atomic mass is 35.5. The molecular weight excluding hydrogens is 723 g/mol. The lowest BCUT2D eigenvalue weighted by Crippen LogP contribution is -2.50. The Labute approximate surface area is 308 Å². The molecule has 3 aromatic rings. The van der Waals surface area contributed by atoms with Crippen LogP contribution in [0.5, 0.6) is 0 Å². The number of aromatic nitrogens is 2. The van der Waals surface area contributed by atoms with Gasteiger partial charge in [0.1, 0.15) is 22.3 Å². The predicted molar refractivity (Wildman–Crippen MR) is 199 cm³/mol. The summed E-state index contributed by atoms with van der Waals surface area (Å²) in [5, 5.41) is 32.9. The summed E-state index contributed by atoms with van der Waals surface area (Å²) < 4.78 is 0. The molecule has 2 saturated heterocycles. The fourth-order valence-corrected chi connectivity index (χ4v) is 8.82. The van der Waals surface area contributed by atoms with E-state index in [0.29, 0.717) is 58.5 Å². The Kier molecular flexibility index (Phi) is 13.1. The average Bonchev–Trinajstić information content (AvgIpc) is 3.74. The molecule has 0 unspecified atom stereocenters. The number of anilines is 3. The van der Waals surface area contributed by atoms with E-state index >= 15 is 0 Å². The summed E-state index contributed by atoms with van der Waals surface area (Å²) in [5.41, 5.74) is 1.18. The molecule has 5 heterocycles. The number of piperidine rings is 1. The van der Waals surface area contributed by atoms with Crippen LogP contribution >= 0.6 is 45.9 Å². The number of hydrogen-bond acceptors (Lipinski definition) is 11. The van der Waals surface area contributed by atoms with Crippen molar-refractivity contribution in [3.05, 3.63) is 63.8 Å². The van der Waals surface area contributed by atoms with Gasteiger partial charge in [-0.15, -0.1) is 11.3 Å². The number of allylic oxidation sites excluding steroid dienone is 1. The first kappa shape index (κ1) is 37.6. The number of carboxylic acid groups (broad SMARTS) is 2. The second kappa shape index (κ2) is 17.5. The predicted octanol–water partition coefficient (Wildman–Crippen LogP) is 7.28. The molecule has 0 atom stereocenters. The zero-order valence-corrected chi connectivity index (χ0v) is 30.5. The first-order chi connectivity index (χ1) is 24.0. The minimum absolute atomic E-state index is 0.257. The molecule has 2 aliphatic heterocycles. The molecule has 0 aromatic carbocycles. The zero-order valence-electron chi connectivity index (χ0n) is 27.4. The first-order valence-electron chi connectivity index (χ1n) is 16.5. The maximum absolute atomic E-state index is 13.3. The summed E-state index contributed by atoms with van der Waals surface area (Å²) in [6.07, 6.45) is 11.0. The zero-order chi connectivity index (χ0) is 35.8. The summed E-state index contributed by atoms with van der Waals surface area (Å²) in [6, 6.07) is 4.24. The van der Waals surface area contributed by atoms with Gasteiger partial charge in [-0.25, -0.2) is 14.8 Å². The number of amides is 1. The molecule has 3 fully saturated rings. The van der Waals surface area contributed by atoms with Crippen LogP contribution in [0.4, 0.5) is 16.0 Å². The Hall–Kier alpha value is -3.69. The smallest absolute Gasteiger partial charge is 0.328 e. The molecule has 3 aromatic heterocycles. The van der Waals surface area contributed by atoms with Crippen molar-refractivity contribution in [2.45, 2.75) is 51.0 Å². The van der Waals surface area contributed by atoms with Crippen LogP contribution in [-0.4, -0.2) is 93.3 Å². The molecule has 0 spiro atoms. The van der Waals surface area contributed by atoms with Gasteiger partial charge in [-0.1, -0.05) is 60.4 Å². The number of aliphatic hydroxyl groups is 1. The van der Waals surface area contributed by atoms with E-state index in [4.69, 9.17) is 38.4 Å². The van der Waals surface area contributed by atoms with E-state index in [-0.39, 0.29) is 17.6 Å². The highest BCUT2D eigenvalue weighted by Gasteiger charge is 2.29. The summed E-state index contributed by atoms with van der Waals surface area (Å²) in [5.74, 6) is -2.23. The van der Waals surface area contributed by atoms with Crippen LogP contribution < -0.4 is 15.1 Å². The first-order valence-corrected chi connectivity index (χ1v) is 18.9. The fraction of sp³-hybridized carbons (Fsp3) is 0.441. The molecule has 50 heavy (non-hydrogen) atoms. The van der Waals surface area contributed by atoms with Gasteiger partial charge in [-0.2, -0.15) is 0 Å². The van der Waals surface area contributed by atoms with E-state index in [1.54, 1.807) is 17.4 Å². The Morgan fingerprint density at radius 1 is 0.920 bits per heavy atom. The van der Waals surface area contributed by atoms with Crippen LogP contribution in [-0.2, 0) is 9.59 Å². The molecule has 1 aliphatic carbocycles. The molecule has 6 rings (SSSR count). The van der Waals surface area contributed by atoms with Gasteiger partial charge >= 0.3 is 11.9 Å². The van der Waals surface area contributed by atoms with Gasteiger partial charge < -0.3 is 25.1 Å². The van der Waals surface area contributed by atoms with Gasteiger partial charge in [0, 0.05) is 63.0 Å². The molecule has 4 N–H and O–H groups in total. The van der Waals surface area contributed by atoms with E-state index in [1.807, 2.05) is 16.3 Å². The molecule has 1 amide bonds. The van der Waals surface area contributed by atoms with Gasteiger partial charge in [0.25, 0.3) is 5.91 Å². The number of thiazole rings is 1. The lowest BCUT2D eigenvalue weighted by molar-refractivity contribution is -0.142. The molecule has 3 aliphatic rings. The number of thiophene rings is 1. The number of piperazine rings is 1. The SMILES string of the molecule is C=C(O)/C=C\C(=O)O.O=C(Nc1nc(-c2cc(Cl)cs2)c(N2CCN(C3CCCCC3)CC2)s1)c1cnc(N2CCC(C(=O)O)CC2)c(Cl)c1.